The highest BCUT2D eigenvalue weighted by atomic mass is 15.1. The van der Waals surface area contributed by atoms with E-state index in [1.165, 1.54) is 0 Å². The van der Waals surface area contributed by atoms with E-state index < -0.39 is 0 Å². The first kappa shape index (κ1) is 34.6. The molecule has 0 amide bonds. The Labute approximate surface area is 345 Å². The Morgan fingerprint density at radius 1 is 0.350 bits per heavy atom. The van der Waals surface area contributed by atoms with E-state index in [9.17, 15) is 10.5 Å². The quantitative estimate of drug-likeness (QED) is 0.168. The lowest BCUT2D eigenvalue weighted by Gasteiger charge is -2.15. The van der Waals surface area contributed by atoms with Gasteiger partial charge < -0.3 is 9.13 Å². The van der Waals surface area contributed by atoms with Crippen LogP contribution in [0, 0.1) is 22.7 Å². The van der Waals surface area contributed by atoms with Gasteiger partial charge in [-0.1, -0.05) is 121 Å². The van der Waals surface area contributed by atoms with Crippen LogP contribution in [0.25, 0.3) is 100 Å². The number of hydrogen-bond acceptors (Lipinski definition) is 5. The first-order chi connectivity index (χ1) is 29.6. The van der Waals surface area contributed by atoms with E-state index in [-0.39, 0.29) is 0 Å². The van der Waals surface area contributed by atoms with Gasteiger partial charge in [0.25, 0.3) is 0 Å². The molecule has 0 bridgehead atoms. The van der Waals surface area contributed by atoms with Gasteiger partial charge in [0.1, 0.15) is 0 Å². The lowest BCUT2D eigenvalue weighted by atomic mass is 10.00. The molecule has 60 heavy (non-hydrogen) atoms. The minimum atomic E-state index is 0.461. The summed E-state index contributed by atoms with van der Waals surface area (Å²) in [7, 11) is 0. The van der Waals surface area contributed by atoms with Crippen LogP contribution in [-0.4, -0.2) is 24.1 Å². The van der Waals surface area contributed by atoms with Gasteiger partial charge in [0.15, 0.2) is 17.5 Å². The molecule has 278 valence electrons. The third-order valence-electron chi connectivity index (χ3n) is 11.2. The molecule has 3 heterocycles. The van der Waals surface area contributed by atoms with Crippen LogP contribution in [0.5, 0.6) is 0 Å². The number of nitrogens with zero attached hydrogens (tertiary/aromatic N) is 7. The molecule has 0 aliphatic carbocycles. The largest absolute Gasteiger partial charge is 0.309 e. The van der Waals surface area contributed by atoms with E-state index in [0.717, 1.165) is 77.2 Å². The van der Waals surface area contributed by atoms with Crippen LogP contribution in [0.15, 0.2) is 188 Å². The second-order valence-corrected chi connectivity index (χ2v) is 14.7. The molecule has 0 spiro atoms. The Balaban J connectivity index is 1.12. The summed E-state index contributed by atoms with van der Waals surface area (Å²) in [4.78, 5) is 15.1. The summed E-state index contributed by atoms with van der Waals surface area (Å²) in [6.07, 6.45) is 0. The van der Waals surface area contributed by atoms with Crippen molar-refractivity contribution in [3.05, 3.63) is 199 Å². The van der Waals surface area contributed by atoms with Crippen LogP contribution < -0.4 is 0 Å². The SMILES string of the molecule is N#Cc1cc(-c2ccc3c(c2)c2ccccc2n3-c2ccc(C#N)cc2-c2nc(-c3ccccc3)nc(-c3ccccc3)n2)cc(-n2c3ccccc3c3ccccc32)c1. The number of fused-ring (bicyclic) bond motifs is 6. The van der Waals surface area contributed by atoms with Crippen molar-refractivity contribution in [1.29, 1.82) is 10.5 Å². The first-order valence-electron chi connectivity index (χ1n) is 19.6. The van der Waals surface area contributed by atoms with Crippen LogP contribution in [0.2, 0.25) is 0 Å². The number of aromatic nitrogens is 5. The minimum absolute atomic E-state index is 0.461. The van der Waals surface area contributed by atoms with Crippen LogP contribution in [-0.2, 0) is 0 Å². The highest BCUT2D eigenvalue weighted by Crippen LogP contribution is 2.40. The Bertz CT molecular complexity index is 3460. The smallest absolute Gasteiger partial charge is 0.166 e. The molecule has 0 radical (unpaired) electrons. The topological polar surface area (TPSA) is 96.1 Å². The van der Waals surface area contributed by atoms with Crippen molar-refractivity contribution in [2.45, 2.75) is 0 Å². The van der Waals surface area contributed by atoms with E-state index in [4.69, 9.17) is 15.0 Å². The molecular formula is C53H31N7. The van der Waals surface area contributed by atoms with Crippen molar-refractivity contribution in [3.8, 4) is 68.8 Å². The predicted molar refractivity (Wildman–Crippen MR) is 240 cm³/mol. The van der Waals surface area contributed by atoms with Gasteiger partial charge in [0.05, 0.1) is 51.0 Å². The summed E-state index contributed by atoms with van der Waals surface area (Å²) in [6, 6.07) is 68.0. The summed E-state index contributed by atoms with van der Waals surface area (Å²) < 4.78 is 4.48. The fourth-order valence-corrected chi connectivity index (χ4v) is 8.49. The molecule has 0 aliphatic rings. The summed E-state index contributed by atoms with van der Waals surface area (Å²) in [5.74, 6) is 1.54. The van der Waals surface area contributed by atoms with Gasteiger partial charge >= 0.3 is 0 Å². The molecule has 8 aromatic carbocycles. The fraction of sp³-hybridized carbons (Fsp3) is 0. The molecule has 0 fully saturated rings. The van der Waals surface area contributed by atoms with Crippen molar-refractivity contribution >= 4 is 43.6 Å². The van der Waals surface area contributed by atoms with Crippen LogP contribution in [0.3, 0.4) is 0 Å². The Morgan fingerprint density at radius 2 is 0.867 bits per heavy atom. The zero-order valence-corrected chi connectivity index (χ0v) is 32.0. The predicted octanol–water partition coefficient (Wildman–Crippen LogP) is 12.5. The molecule has 0 saturated heterocycles. The van der Waals surface area contributed by atoms with E-state index in [0.29, 0.717) is 34.2 Å². The van der Waals surface area contributed by atoms with Crippen LogP contribution in [0.1, 0.15) is 11.1 Å². The van der Waals surface area contributed by atoms with Gasteiger partial charge in [0, 0.05) is 43.9 Å². The van der Waals surface area contributed by atoms with Gasteiger partial charge in [-0.05, 0) is 77.9 Å². The third kappa shape index (κ3) is 5.69. The molecule has 0 unspecified atom stereocenters. The standard InChI is InChI=1S/C53H31N7/c54-32-34-23-25-50(45(29-34)53-57-51(36-13-3-1-4-14-36)56-52(58-53)37-15-5-2-6-16-37)60-48-22-12-9-19-43(48)44-31-38(24-26-49(44)60)39-27-35(33-55)28-40(30-39)59-46-20-10-7-17-41(46)42-18-8-11-21-47(42)59/h1-31H. The van der Waals surface area contributed by atoms with Crippen molar-refractivity contribution < 1.29 is 0 Å². The van der Waals surface area contributed by atoms with Gasteiger partial charge in [-0.25, -0.2) is 15.0 Å². The third-order valence-corrected chi connectivity index (χ3v) is 11.2. The molecule has 7 nitrogen and oxygen atoms in total. The average Bonchev–Trinajstić information content (AvgIpc) is 3.84. The number of hydrogen-bond donors (Lipinski definition) is 0. The highest BCUT2D eigenvalue weighted by molar-refractivity contribution is 6.11. The Kier molecular flexibility index (Phi) is 8.11. The van der Waals surface area contributed by atoms with Crippen molar-refractivity contribution in [2.75, 3.05) is 0 Å². The molecule has 7 heteroatoms. The van der Waals surface area contributed by atoms with E-state index >= 15 is 0 Å². The zero-order valence-electron chi connectivity index (χ0n) is 32.0. The van der Waals surface area contributed by atoms with Gasteiger partial charge in [0.2, 0.25) is 0 Å². The fourth-order valence-electron chi connectivity index (χ4n) is 8.49. The van der Waals surface area contributed by atoms with Crippen LogP contribution in [0.4, 0.5) is 0 Å². The second-order valence-electron chi connectivity index (χ2n) is 14.7. The van der Waals surface area contributed by atoms with Crippen molar-refractivity contribution in [2.24, 2.45) is 0 Å². The number of rotatable bonds is 6. The maximum Gasteiger partial charge on any atom is 0.166 e. The maximum atomic E-state index is 10.3. The van der Waals surface area contributed by atoms with Gasteiger partial charge in [-0.15, -0.1) is 0 Å². The molecular weight excluding hydrogens is 735 g/mol. The number of nitriles is 2. The second kappa shape index (κ2) is 14.1. The summed E-state index contributed by atoms with van der Waals surface area (Å²) in [6.45, 7) is 0. The number of para-hydroxylation sites is 3. The van der Waals surface area contributed by atoms with Gasteiger partial charge in [-0.2, -0.15) is 10.5 Å². The molecule has 0 N–H and O–H groups in total. The lowest BCUT2D eigenvalue weighted by Crippen LogP contribution is -2.04. The Hall–Kier alpha value is -8.65. The van der Waals surface area contributed by atoms with Crippen LogP contribution >= 0.6 is 0 Å². The molecule has 11 aromatic rings. The number of benzene rings is 8. The molecule has 0 saturated carbocycles. The zero-order chi connectivity index (χ0) is 40.2. The van der Waals surface area contributed by atoms with E-state index in [2.05, 4.69) is 112 Å². The summed E-state index contributed by atoms with van der Waals surface area (Å²) in [5.41, 5.74) is 11.3. The Morgan fingerprint density at radius 3 is 1.47 bits per heavy atom. The minimum Gasteiger partial charge on any atom is -0.309 e. The van der Waals surface area contributed by atoms with Crippen molar-refractivity contribution in [3.63, 3.8) is 0 Å². The molecule has 0 aliphatic heterocycles. The lowest BCUT2D eigenvalue weighted by molar-refractivity contribution is 1.06. The average molecular weight is 766 g/mol. The van der Waals surface area contributed by atoms with E-state index in [1.54, 1.807) is 0 Å². The highest BCUT2D eigenvalue weighted by Gasteiger charge is 2.21. The van der Waals surface area contributed by atoms with Gasteiger partial charge in [-0.3, -0.25) is 0 Å². The molecule has 0 atom stereocenters. The summed E-state index contributed by atoms with van der Waals surface area (Å²) in [5, 5.41) is 24.9. The van der Waals surface area contributed by atoms with E-state index in [1.807, 2.05) is 97.1 Å². The molecule has 11 rings (SSSR count). The monoisotopic (exact) mass is 765 g/mol. The first-order valence-corrected chi connectivity index (χ1v) is 19.6. The van der Waals surface area contributed by atoms with Crippen molar-refractivity contribution in [1.82, 2.24) is 24.1 Å². The summed E-state index contributed by atoms with van der Waals surface area (Å²) >= 11 is 0. The molecule has 3 aromatic heterocycles. The normalized spacial score (nSPS) is 11.3. The maximum absolute atomic E-state index is 10.3.